The molecule has 0 spiro atoms. The number of rotatable bonds is 2. The summed E-state index contributed by atoms with van der Waals surface area (Å²) in [6.07, 6.45) is 9.12. The van der Waals surface area contributed by atoms with E-state index in [1.54, 1.807) is 0 Å². The molecule has 0 bridgehead atoms. The smallest absolute Gasteiger partial charge is 0.210 e. The number of anilines is 1. The minimum atomic E-state index is -1.47. The number of hydrogen-bond acceptors (Lipinski definition) is 4. The summed E-state index contributed by atoms with van der Waals surface area (Å²) in [4.78, 5) is 15.4. The van der Waals surface area contributed by atoms with Gasteiger partial charge in [-0.1, -0.05) is 52.5 Å². The number of fused-ring (bicyclic) bond motifs is 4. The number of ether oxygens (including phenoxy) is 1. The molecule has 5 heterocycles. The van der Waals surface area contributed by atoms with Gasteiger partial charge in [0.25, 0.3) is 0 Å². The molecule has 45 heavy (non-hydrogen) atoms. The first-order chi connectivity index (χ1) is 21.5. The molecule has 3 aromatic carbocycles. The molecule has 5 aliphatic heterocycles. The zero-order valence-corrected chi connectivity index (χ0v) is 28.5. The minimum absolute atomic E-state index is 0.0102. The van der Waals surface area contributed by atoms with Crippen LogP contribution >= 0.6 is 46.4 Å². The van der Waals surface area contributed by atoms with E-state index >= 15 is 0 Å². The predicted molar refractivity (Wildman–Crippen MR) is 180 cm³/mol. The van der Waals surface area contributed by atoms with Gasteiger partial charge in [0.15, 0.2) is 0 Å². The van der Waals surface area contributed by atoms with Crippen LogP contribution in [0.1, 0.15) is 90.2 Å². The van der Waals surface area contributed by atoms with E-state index in [9.17, 15) is 9.90 Å². The fraction of sp³-hybridized carbons (Fsp3) is 0.389. The van der Waals surface area contributed by atoms with Crippen LogP contribution in [0, 0.1) is 0 Å². The Labute approximate surface area is 282 Å². The number of carboxylic acids is 1. The summed E-state index contributed by atoms with van der Waals surface area (Å²) in [7, 11) is 0. The van der Waals surface area contributed by atoms with Crippen molar-refractivity contribution in [2.24, 2.45) is 0 Å². The van der Waals surface area contributed by atoms with E-state index in [0.717, 1.165) is 104 Å². The van der Waals surface area contributed by atoms with Crippen molar-refractivity contribution in [3.05, 3.63) is 87.8 Å². The molecule has 0 N–H and O–H groups in total. The Morgan fingerprint density at radius 1 is 0.889 bits per heavy atom. The van der Waals surface area contributed by atoms with Crippen LogP contribution in [0.4, 0.5) is 5.69 Å². The highest BCUT2D eigenvalue weighted by Crippen LogP contribution is 2.54. The van der Waals surface area contributed by atoms with Gasteiger partial charge in [-0.3, -0.25) is 0 Å². The molecule has 0 saturated heterocycles. The van der Waals surface area contributed by atoms with Crippen LogP contribution in [0.25, 0.3) is 11.1 Å². The second-order valence-electron chi connectivity index (χ2n) is 13.4. The Balaban J connectivity index is 1.60. The van der Waals surface area contributed by atoms with Gasteiger partial charge >= 0.3 is 0 Å². The van der Waals surface area contributed by atoms with Gasteiger partial charge in [-0.25, -0.2) is 4.58 Å². The maximum atomic E-state index is 12.9. The summed E-state index contributed by atoms with van der Waals surface area (Å²) in [6, 6.07) is 4.33. The topological polar surface area (TPSA) is 55.6 Å². The van der Waals surface area contributed by atoms with Crippen LogP contribution in [0.3, 0.4) is 0 Å². The number of allylic oxidation sites excluding steroid dienone is 1. The zero-order valence-electron chi connectivity index (χ0n) is 25.4. The number of carbonyl (C=O) groups excluding carboxylic acids is 1. The number of aryl methyl sites for hydroxylation is 1. The lowest BCUT2D eigenvalue weighted by Gasteiger charge is -2.47. The summed E-state index contributed by atoms with van der Waals surface area (Å²) < 4.78 is 9.65. The first kappa shape index (κ1) is 29.7. The molecule has 0 unspecified atom stereocenters. The van der Waals surface area contributed by atoms with Gasteiger partial charge in [-0.05, 0) is 70.6 Å². The summed E-state index contributed by atoms with van der Waals surface area (Å²) in [5.41, 5.74) is 8.20. The molecule has 8 rings (SSSR count). The van der Waals surface area contributed by atoms with Gasteiger partial charge in [0.05, 0.1) is 42.8 Å². The second-order valence-corrected chi connectivity index (χ2v) is 14.9. The Kier molecular flexibility index (Phi) is 6.86. The van der Waals surface area contributed by atoms with Crippen LogP contribution < -0.4 is 29.9 Å². The summed E-state index contributed by atoms with van der Waals surface area (Å²) >= 11 is 26.8. The number of benzene rings is 3. The molecule has 5 aliphatic rings. The second kappa shape index (κ2) is 10.4. The minimum Gasteiger partial charge on any atom is -0.545 e. The fourth-order valence-electron chi connectivity index (χ4n) is 8.51. The normalized spacial score (nSPS) is 19.1. The van der Waals surface area contributed by atoms with Gasteiger partial charge < -0.3 is 19.5 Å². The lowest BCUT2D eigenvalue weighted by molar-refractivity contribution is -0.255. The highest BCUT2D eigenvalue weighted by Gasteiger charge is 2.40. The Hall–Kier alpha value is -2.70. The number of hydrogen-bond donors (Lipinski definition) is 0. The van der Waals surface area contributed by atoms with Crippen molar-refractivity contribution >= 4 is 69.2 Å². The molecule has 0 atom stereocenters. The Morgan fingerprint density at radius 3 is 2.40 bits per heavy atom. The molecular formula is C36H32Cl4N2O3. The van der Waals surface area contributed by atoms with E-state index in [0.29, 0.717) is 5.57 Å². The van der Waals surface area contributed by atoms with Crippen molar-refractivity contribution in [1.29, 1.82) is 0 Å². The van der Waals surface area contributed by atoms with Crippen molar-refractivity contribution < 1.29 is 14.6 Å². The van der Waals surface area contributed by atoms with Crippen LogP contribution in [0.15, 0.2) is 18.2 Å². The molecule has 0 aromatic heterocycles. The van der Waals surface area contributed by atoms with Crippen LogP contribution in [-0.2, 0) is 19.3 Å². The third-order valence-electron chi connectivity index (χ3n) is 10.3. The molecule has 232 valence electrons. The maximum absolute atomic E-state index is 12.9. The van der Waals surface area contributed by atoms with Crippen LogP contribution in [0.2, 0.25) is 20.1 Å². The molecule has 3 aromatic rings. The summed E-state index contributed by atoms with van der Waals surface area (Å²) in [6.45, 7) is 9.62. The molecule has 9 heteroatoms. The molecule has 0 aliphatic carbocycles. The van der Waals surface area contributed by atoms with E-state index in [1.165, 1.54) is 22.2 Å². The van der Waals surface area contributed by atoms with Gasteiger partial charge in [-0.15, -0.1) is 0 Å². The van der Waals surface area contributed by atoms with E-state index < -0.39 is 5.97 Å². The van der Waals surface area contributed by atoms with Gasteiger partial charge in [-0.2, -0.15) is 0 Å². The standard InChI is InChI=1S/C36H32Cl4N2O3/c1-17-16-36(2,3)42-13-7-10-20-32(42)21(17)15-23-24(25-26(35(43)44)28(38)30(40)29(39)27(25)37)22-14-18-8-4-5-11-41-12-6-9-19(31(18)41)33(22)45-34(20)23/h14-16H,4-13H2,1-3H3. The van der Waals surface area contributed by atoms with E-state index in [2.05, 4.69) is 48.5 Å². The van der Waals surface area contributed by atoms with Crippen LogP contribution in [-0.4, -0.2) is 31.1 Å². The van der Waals surface area contributed by atoms with E-state index in [4.69, 9.17) is 51.1 Å². The lowest BCUT2D eigenvalue weighted by Crippen LogP contribution is -2.48. The first-order valence-electron chi connectivity index (χ1n) is 15.7. The van der Waals surface area contributed by atoms with Gasteiger partial charge in [0.2, 0.25) is 5.36 Å². The summed E-state index contributed by atoms with van der Waals surface area (Å²) in [5, 5.41) is 14.7. The highest BCUT2D eigenvalue weighted by molar-refractivity contribution is 6.53. The number of carbonyl (C=O) groups is 1. The van der Waals surface area contributed by atoms with Crippen molar-refractivity contribution in [1.82, 2.24) is 4.58 Å². The van der Waals surface area contributed by atoms with Crippen LogP contribution in [0.5, 0.6) is 11.5 Å². The van der Waals surface area contributed by atoms with Crippen molar-refractivity contribution in [2.75, 3.05) is 24.5 Å². The van der Waals surface area contributed by atoms with Crippen molar-refractivity contribution in [2.45, 2.75) is 71.3 Å². The van der Waals surface area contributed by atoms with Crippen molar-refractivity contribution in [3.8, 4) is 11.5 Å². The zero-order chi connectivity index (χ0) is 31.5. The predicted octanol–water partition coefficient (Wildman–Crippen LogP) is 6.74. The molecule has 5 nitrogen and oxygen atoms in total. The van der Waals surface area contributed by atoms with E-state index in [1.807, 2.05) is 0 Å². The average molecular weight is 682 g/mol. The van der Waals surface area contributed by atoms with Crippen molar-refractivity contribution in [3.63, 3.8) is 0 Å². The molecular weight excluding hydrogens is 650 g/mol. The van der Waals surface area contributed by atoms with Gasteiger partial charge in [0.1, 0.15) is 24.6 Å². The summed E-state index contributed by atoms with van der Waals surface area (Å²) in [5.74, 6) is 0.0418. The highest BCUT2D eigenvalue weighted by atomic mass is 35.5. The molecule has 0 radical (unpaired) electrons. The first-order valence-corrected chi connectivity index (χ1v) is 17.2. The molecule has 0 amide bonds. The average Bonchev–Trinajstić information content (AvgIpc) is 3.22. The molecule has 0 saturated carbocycles. The number of aromatic carboxylic acids is 1. The number of carboxylic acid groups (broad SMARTS) is 1. The largest absolute Gasteiger partial charge is 0.545 e. The lowest BCUT2D eigenvalue weighted by atomic mass is 9.79. The maximum Gasteiger partial charge on any atom is 0.210 e. The van der Waals surface area contributed by atoms with E-state index in [-0.39, 0.29) is 36.8 Å². The third kappa shape index (κ3) is 4.20. The monoisotopic (exact) mass is 680 g/mol. The Bertz CT molecular complexity index is 2060. The third-order valence-corrected chi connectivity index (χ3v) is 12.1. The molecule has 0 fully saturated rings. The fourth-order valence-corrected chi connectivity index (χ4v) is 9.53. The number of halogens is 4. The quantitative estimate of drug-likeness (QED) is 0.134. The Morgan fingerprint density at radius 2 is 1.62 bits per heavy atom. The van der Waals surface area contributed by atoms with Gasteiger partial charge in [0, 0.05) is 63.6 Å². The SMILES string of the molecule is CC1=CC(C)(C)N2CCCc3c4c(cc1c32)C(c1c(Cl)c(Cl)c(Cl)c(Cl)c1C(=O)[O-])=c1cc2c3c(c1O4)CCC[N+]=3CCCC2. The number of nitrogens with zero attached hydrogens (tertiary/aromatic N) is 2.